The van der Waals surface area contributed by atoms with Crippen molar-refractivity contribution in [1.29, 1.82) is 0 Å². The van der Waals surface area contributed by atoms with E-state index in [-0.39, 0.29) is 12.6 Å². The van der Waals surface area contributed by atoms with Crippen molar-refractivity contribution in [2.75, 3.05) is 11.9 Å². The van der Waals surface area contributed by atoms with Crippen LogP contribution in [-0.4, -0.2) is 21.7 Å². The van der Waals surface area contributed by atoms with Crippen LogP contribution in [-0.2, 0) is 6.61 Å². The molecule has 0 radical (unpaired) electrons. The molecule has 0 bridgehead atoms. The lowest BCUT2D eigenvalue weighted by Gasteiger charge is -2.15. The fourth-order valence-corrected chi connectivity index (χ4v) is 3.75. The lowest BCUT2D eigenvalue weighted by atomic mass is 10.1. The smallest absolute Gasteiger partial charge is 0.136 e. The quantitative estimate of drug-likeness (QED) is 0.546. The molecule has 3 aromatic rings. The number of ether oxygens (including phenoxy) is 1. The molecule has 0 saturated heterocycles. The Balaban J connectivity index is 1.81. The summed E-state index contributed by atoms with van der Waals surface area (Å²) < 4.78 is 6.64. The van der Waals surface area contributed by atoms with Gasteiger partial charge in [0.15, 0.2) is 0 Å². The number of benzene rings is 1. The first-order valence-corrected chi connectivity index (χ1v) is 9.92. The summed E-state index contributed by atoms with van der Waals surface area (Å²) in [5, 5.41) is 12.9. The highest BCUT2D eigenvalue weighted by Crippen LogP contribution is 2.36. The molecule has 0 aliphatic rings. The van der Waals surface area contributed by atoms with Crippen LogP contribution in [0.25, 0.3) is 10.6 Å². The van der Waals surface area contributed by atoms with Crippen LogP contribution >= 0.6 is 27.3 Å². The first kappa shape index (κ1) is 18.8. The minimum absolute atomic E-state index is 0.0448. The average Bonchev–Trinajstić information content (AvgIpc) is 3.06. The maximum Gasteiger partial charge on any atom is 0.136 e. The second-order valence-corrected chi connectivity index (χ2v) is 7.75. The van der Waals surface area contributed by atoms with Gasteiger partial charge in [0.25, 0.3) is 0 Å². The molecular formula is C19H20BrN3O2S. The highest BCUT2D eigenvalue weighted by Gasteiger charge is 2.13. The van der Waals surface area contributed by atoms with Crippen LogP contribution in [0.2, 0.25) is 0 Å². The summed E-state index contributed by atoms with van der Waals surface area (Å²) >= 11 is 4.93. The van der Waals surface area contributed by atoms with Crippen LogP contribution in [0.5, 0.6) is 5.75 Å². The number of anilines is 1. The molecule has 2 N–H and O–H groups in total. The molecule has 0 aliphatic carbocycles. The predicted octanol–water partition coefficient (Wildman–Crippen LogP) is 5.03. The van der Waals surface area contributed by atoms with E-state index in [0.717, 1.165) is 25.7 Å². The number of aliphatic hydroxyl groups is 1. The van der Waals surface area contributed by atoms with Gasteiger partial charge in [-0.3, -0.25) is 0 Å². The van der Waals surface area contributed by atoms with Crippen molar-refractivity contribution < 1.29 is 9.84 Å². The summed E-state index contributed by atoms with van der Waals surface area (Å²) in [4.78, 5) is 10.4. The van der Waals surface area contributed by atoms with E-state index in [9.17, 15) is 5.11 Å². The Morgan fingerprint density at radius 2 is 2.00 bits per heavy atom. The Hall–Kier alpha value is -1.96. The third kappa shape index (κ3) is 4.41. The number of rotatable bonds is 7. The number of hydrogen-bond donors (Lipinski definition) is 2. The average molecular weight is 434 g/mol. The van der Waals surface area contributed by atoms with Gasteiger partial charge in [-0.1, -0.05) is 28.1 Å². The number of aromatic nitrogens is 2. The van der Waals surface area contributed by atoms with Gasteiger partial charge in [-0.25, -0.2) is 9.97 Å². The third-order valence-electron chi connectivity index (χ3n) is 3.87. The van der Waals surface area contributed by atoms with Gasteiger partial charge >= 0.3 is 0 Å². The highest BCUT2D eigenvalue weighted by atomic mass is 79.9. The molecule has 5 nitrogen and oxygen atoms in total. The van der Waals surface area contributed by atoms with E-state index in [1.165, 1.54) is 16.9 Å². The molecule has 0 aliphatic heterocycles. The molecule has 2 aromatic heterocycles. The Bertz CT molecular complexity index is 867. The van der Waals surface area contributed by atoms with Gasteiger partial charge < -0.3 is 15.2 Å². The van der Waals surface area contributed by atoms with Gasteiger partial charge in [-0.05, 0) is 31.5 Å². The zero-order valence-corrected chi connectivity index (χ0v) is 17.0. The minimum Gasteiger partial charge on any atom is -0.493 e. The van der Waals surface area contributed by atoms with Gasteiger partial charge in [-0.15, -0.1) is 11.3 Å². The summed E-state index contributed by atoms with van der Waals surface area (Å²) in [6.45, 7) is 4.53. The van der Waals surface area contributed by atoms with Gasteiger partial charge in [0.2, 0.25) is 0 Å². The third-order valence-corrected chi connectivity index (χ3v) is 5.52. The number of nitrogens with zero attached hydrogens (tertiary/aromatic N) is 2. The van der Waals surface area contributed by atoms with Gasteiger partial charge in [0.05, 0.1) is 28.7 Å². The fourth-order valence-electron chi connectivity index (χ4n) is 2.55. The number of nitrogens with one attached hydrogen (secondary N) is 1. The van der Waals surface area contributed by atoms with Crippen molar-refractivity contribution in [3.8, 4) is 16.3 Å². The number of aliphatic hydroxyl groups excluding tert-OH is 1. The zero-order chi connectivity index (χ0) is 18.5. The highest BCUT2D eigenvalue weighted by molar-refractivity contribution is 9.10. The Labute approximate surface area is 165 Å². The first-order chi connectivity index (χ1) is 12.6. The normalized spacial score (nSPS) is 12.0. The van der Waals surface area contributed by atoms with Crippen LogP contribution in [0.1, 0.15) is 30.3 Å². The monoisotopic (exact) mass is 433 g/mol. The van der Waals surface area contributed by atoms with Gasteiger partial charge in [0.1, 0.15) is 17.9 Å². The summed E-state index contributed by atoms with van der Waals surface area (Å²) in [7, 11) is 0. The fraction of sp³-hybridized carbons (Fsp3) is 0.263. The van der Waals surface area contributed by atoms with E-state index in [0.29, 0.717) is 12.4 Å². The molecule has 1 atom stereocenters. The standard InChI is InChI=1S/C19H20BrN3O2S/c1-3-25-16-9-17(26-18(16)10-24)15-8-19(22-11-21-15)23-12(2)13-4-6-14(20)7-5-13/h4-9,11-12,24H,3,10H2,1-2H3,(H,21,22,23). The van der Waals surface area contributed by atoms with Crippen LogP contribution in [0.15, 0.2) is 47.2 Å². The largest absolute Gasteiger partial charge is 0.493 e. The van der Waals surface area contributed by atoms with E-state index in [1.807, 2.05) is 31.2 Å². The summed E-state index contributed by atoms with van der Waals surface area (Å²) in [6, 6.07) is 12.1. The van der Waals surface area contributed by atoms with E-state index in [4.69, 9.17) is 4.74 Å². The topological polar surface area (TPSA) is 67.3 Å². The van der Waals surface area contributed by atoms with Crippen molar-refractivity contribution in [3.63, 3.8) is 0 Å². The number of halogens is 1. The molecule has 1 unspecified atom stereocenters. The molecule has 0 amide bonds. The Morgan fingerprint density at radius 3 is 2.69 bits per heavy atom. The van der Waals surface area contributed by atoms with Crippen molar-refractivity contribution >= 4 is 33.1 Å². The van der Waals surface area contributed by atoms with Crippen molar-refractivity contribution in [3.05, 3.63) is 57.6 Å². The van der Waals surface area contributed by atoms with Crippen LogP contribution in [0.3, 0.4) is 0 Å². The molecule has 3 rings (SSSR count). The first-order valence-electron chi connectivity index (χ1n) is 8.31. The van der Waals surface area contributed by atoms with Crippen LogP contribution in [0, 0.1) is 0 Å². The summed E-state index contributed by atoms with van der Waals surface area (Å²) in [5.74, 6) is 1.47. The number of thiophene rings is 1. The second kappa shape index (κ2) is 8.62. The Kier molecular flexibility index (Phi) is 6.24. The molecule has 0 fully saturated rings. The number of hydrogen-bond acceptors (Lipinski definition) is 6. The SMILES string of the molecule is CCOc1cc(-c2cc(NC(C)c3ccc(Br)cc3)ncn2)sc1CO. The lowest BCUT2D eigenvalue weighted by Crippen LogP contribution is -2.08. The van der Waals surface area contributed by atoms with E-state index >= 15 is 0 Å². The zero-order valence-electron chi connectivity index (χ0n) is 14.6. The lowest BCUT2D eigenvalue weighted by molar-refractivity contribution is 0.272. The molecule has 1 aromatic carbocycles. The minimum atomic E-state index is -0.0448. The maximum atomic E-state index is 9.51. The second-order valence-electron chi connectivity index (χ2n) is 5.70. The van der Waals surface area contributed by atoms with Crippen molar-refractivity contribution in [2.24, 2.45) is 0 Å². The molecular weight excluding hydrogens is 414 g/mol. The van der Waals surface area contributed by atoms with Crippen LogP contribution in [0.4, 0.5) is 5.82 Å². The summed E-state index contributed by atoms with van der Waals surface area (Å²) in [5.41, 5.74) is 1.97. The molecule has 26 heavy (non-hydrogen) atoms. The van der Waals surface area contributed by atoms with Crippen molar-refractivity contribution in [1.82, 2.24) is 9.97 Å². The molecule has 136 valence electrons. The van der Waals surface area contributed by atoms with E-state index < -0.39 is 0 Å². The predicted molar refractivity (Wildman–Crippen MR) is 109 cm³/mol. The molecule has 2 heterocycles. The van der Waals surface area contributed by atoms with Crippen LogP contribution < -0.4 is 10.1 Å². The molecule has 0 saturated carbocycles. The van der Waals surface area contributed by atoms with E-state index in [1.54, 1.807) is 6.33 Å². The Morgan fingerprint density at radius 1 is 1.23 bits per heavy atom. The molecule has 7 heteroatoms. The summed E-state index contributed by atoms with van der Waals surface area (Å²) in [6.07, 6.45) is 1.55. The van der Waals surface area contributed by atoms with E-state index in [2.05, 4.69) is 50.3 Å². The van der Waals surface area contributed by atoms with Gasteiger partial charge in [0, 0.05) is 22.6 Å². The molecule has 0 spiro atoms. The maximum absolute atomic E-state index is 9.51. The van der Waals surface area contributed by atoms with Crippen molar-refractivity contribution in [2.45, 2.75) is 26.5 Å². The van der Waals surface area contributed by atoms with Gasteiger partial charge in [-0.2, -0.15) is 0 Å².